The Balaban J connectivity index is 1.78. The summed E-state index contributed by atoms with van der Waals surface area (Å²) >= 11 is 6.14. The van der Waals surface area contributed by atoms with Gasteiger partial charge in [0.1, 0.15) is 18.3 Å². The molecule has 1 unspecified atom stereocenters. The number of unbranched alkanes of at least 4 members (excludes halogenated alkanes) is 1. The van der Waals surface area contributed by atoms with E-state index in [0.717, 1.165) is 33.8 Å². The summed E-state index contributed by atoms with van der Waals surface area (Å²) in [7, 11) is -2.74. The number of amides is 2. The Kier molecular flexibility index (Phi) is 12.2. The van der Waals surface area contributed by atoms with E-state index in [4.69, 9.17) is 16.3 Å². The van der Waals surface area contributed by atoms with Gasteiger partial charge >= 0.3 is 0 Å². The third-order valence-electron chi connectivity index (χ3n) is 7.62. The van der Waals surface area contributed by atoms with Crippen LogP contribution in [0.2, 0.25) is 5.02 Å². The number of anilines is 1. The first-order valence-corrected chi connectivity index (χ1v) is 17.0. The van der Waals surface area contributed by atoms with Crippen molar-refractivity contribution >= 4 is 39.1 Å². The molecule has 0 radical (unpaired) electrons. The summed E-state index contributed by atoms with van der Waals surface area (Å²) in [6.07, 6.45) is 1.94. The second-order valence-corrected chi connectivity index (χ2v) is 13.3. The van der Waals surface area contributed by atoms with Gasteiger partial charge in [-0.05, 0) is 73.0 Å². The van der Waals surface area contributed by atoms with Crippen molar-refractivity contribution in [3.63, 3.8) is 0 Å². The van der Waals surface area contributed by atoms with Crippen molar-refractivity contribution in [2.24, 2.45) is 0 Å². The molecular weight excluding hydrogens is 622 g/mol. The molecule has 0 spiro atoms. The molecule has 0 saturated heterocycles. The van der Waals surface area contributed by atoms with Crippen LogP contribution >= 0.6 is 11.6 Å². The molecule has 0 heterocycles. The number of hydrogen-bond donors (Lipinski definition) is 1. The molecule has 10 heteroatoms. The standard InChI is InChI=1S/C36H40ClN3O5S/c1-4-5-23-38-36(42)34(24-28-9-7-6-8-10-28)39(25-29-13-11-27(2)12-14-29)35(41)26-40(31-17-15-30(37)16-18-31)46(43,44)33-21-19-32(45-3)20-22-33/h6-22,34H,4-5,23-26H2,1-3H3,(H,38,42). The second kappa shape index (κ2) is 16.3. The first-order valence-electron chi connectivity index (χ1n) is 15.2. The minimum absolute atomic E-state index is 0.0146. The lowest BCUT2D eigenvalue weighted by Gasteiger charge is -2.34. The minimum Gasteiger partial charge on any atom is -0.497 e. The van der Waals surface area contributed by atoms with Crippen LogP contribution in [-0.2, 0) is 32.6 Å². The highest BCUT2D eigenvalue weighted by Gasteiger charge is 2.34. The largest absolute Gasteiger partial charge is 0.497 e. The van der Waals surface area contributed by atoms with E-state index in [1.54, 1.807) is 36.4 Å². The van der Waals surface area contributed by atoms with Gasteiger partial charge in [0.15, 0.2) is 0 Å². The molecular formula is C36H40ClN3O5S. The number of carbonyl (C=O) groups is 2. The second-order valence-electron chi connectivity index (χ2n) is 11.0. The molecule has 0 bridgehead atoms. The molecule has 4 aromatic carbocycles. The lowest BCUT2D eigenvalue weighted by atomic mass is 10.0. The molecule has 242 valence electrons. The smallest absolute Gasteiger partial charge is 0.264 e. The van der Waals surface area contributed by atoms with Crippen molar-refractivity contribution in [2.45, 2.75) is 50.6 Å². The van der Waals surface area contributed by atoms with Crippen molar-refractivity contribution < 1.29 is 22.7 Å². The van der Waals surface area contributed by atoms with Gasteiger partial charge in [-0.1, -0.05) is 85.1 Å². The summed E-state index contributed by atoms with van der Waals surface area (Å²) in [5, 5.41) is 3.42. The number of sulfonamides is 1. The molecule has 0 saturated carbocycles. The molecule has 46 heavy (non-hydrogen) atoms. The number of hydrogen-bond acceptors (Lipinski definition) is 5. The zero-order chi connectivity index (χ0) is 33.1. The summed E-state index contributed by atoms with van der Waals surface area (Å²) in [6, 6.07) is 28.5. The number of halogens is 1. The van der Waals surface area contributed by atoms with E-state index in [9.17, 15) is 18.0 Å². The number of carbonyl (C=O) groups excluding carboxylic acids is 2. The SMILES string of the molecule is CCCCNC(=O)C(Cc1ccccc1)N(Cc1ccc(C)cc1)C(=O)CN(c1ccc(Cl)cc1)S(=O)(=O)c1ccc(OC)cc1. The van der Waals surface area contributed by atoms with E-state index in [-0.39, 0.29) is 29.5 Å². The van der Waals surface area contributed by atoms with E-state index in [1.807, 2.05) is 68.4 Å². The van der Waals surface area contributed by atoms with Gasteiger partial charge in [0.2, 0.25) is 11.8 Å². The maximum Gasteiger partial charge on any atom is 0.264 e. The Morgan fingerprint density at radius 2 is 1.52 bits per heavy atom. The summed E-state index contributed by atoms with van der Waals surface area (Å²) in [5.41, 5.74) is 3.00. The number of aryl methyl sites for hydroxylation is 1. The van der Waals surface area contributed by atoms with Crippen molar-refractivity contribution in [1.82, 2.24) is 10.2 Å². The Morgan fingerprint density at radius 1 is 0.870 bits per heavy atom. The quantitative estimate of drug-likeness (QED) is 0.149. The average molecular weight is 662 g/mol. The van der Waals surface area contributed by atoms with Gasteiger partial charge in [0.25, 0.3) is 10.0 Å². The Labute approximate surface area is 277 Å². The normalized spacial score (nSPS) is 11.8. The maximum absolute atomic E-state index is 14.5. The highest BCUT2D eigenvalue weighted by Crippen LogP contribution is 2.27. The lowest BCUT2D eigenvalue weighted by molar-refractivity contribution is -0.140. The zero-order valence-electron chi connectivity index (χ0n) is 26.4. The van der Waals surface area contributed by atoms with Crippen LogP contribution in [0.1, 0.15) is 36.5 Å². The third kappa shape index (κ3) is 9.11. The Morgan fingerprint density at radius 3 is 2.13 bits per heavy atom. The van der Waals surface area contributed by atoms with Crippen LogP contribution in [0.25, 0.3) is 0 Å². The van der Waals surface area contributed by atoms with Gasteiger partial charge in [-0.2, -0.15) is 0 Å². The molecule has 0 fully saturated rings. The molecule has 4 aromatic rings. The van der Waals surface area contributed by atoms with Crippen molar-refractivity contribution in [3.05, 3.63) is 125 Å². The number of nitrogens with zero attached hydrogens (tertiary/aromatic N) is 2. The van der Waals surface area contributed by atoms with Gasteiger partial charge in [0, 0.05) is 24.5 Å². The minimum atomic E-state index is -4.23. The summed E-state index contributed by atoms with van der Waals surface area (Å²) in [5.74, 6) is -0.330. The van der Waals surface area contributed by atoms with E-state index in [0.29, 0.717) is 17.3 Å². The van der Waals surface area contributed by atoms with Crippen molar-refractivity contribution in [2.75, 3.05) is 24.5 Å². The lowest BCUT2D eigenvalue weighted by Crippen LogP contribution is -2.53. The predicted molar refractivity (Wildman–Crippen MR) is 183 cm³/mol. The topological polar surface area (TPSA) is 96.0 Å². The number of rotatable bonds is 15. The fraction of sp³-hybridized carbons (Fsp3) is 0.278. The van der Waals surface area contributed by atoms with Gasteiger partial charge in [0.05, 0.1) is 17.7 Å². The van der Waals surface area contributed by atoms with Gasteiger partial charge < -0.3 is 15.0 Å². The molecule has 0 aliphatic rings. The molecule has 2 amide bonds. The zero-order valence-corrected chi connectivity index (χ0v) is 27.9. The molecule has 1 N–H and O–H groups in total. The summed E-state index contributed by atoms with van der Waals surface area (Å²) < 4.78 is 34.6. The first-order chi connectivity index (χ1) is 22.1. The summed E-state index contributed by atoms with van der Waals surface area (Å²) in [4.78, 5) is 29.8. The molecule has 0 aliphatic carbocycles. The monoisotopic (exact) mass is 661 g/mol. The highest BCUT2D eigenvalue weighted by molar-refractivity contribution is 7.92. The van der Waals surface area contributed by atoms with Crippen LogP contribution in [0.3, 0.4) is 0 Å². The maximum atomic E-state index is 14.5. The van der Waals surface area contributed by atoms with Crippen LogP contribution < -0.4 is 14.4 Å². The van der Waals surface area contributed by atoms with Crippen LogP contribution in [0.4, 0.5) is 5.69 Å². The number of methoxy groups -OCH3 is 1. The highest BCUT2D eigenvalue weighted by atomic mass is 35.5. The molecule has 0 aliphatic heterocycles. The van der Waals surface area contributed by atoms with Crippen LogP contribution in [0.5, 0.6) is 5.75 Å². The van der Waals surface area contributed by atoms with Gasteiger partial charge in [-0.25, -0.2) is 8.42 Å². The molecule has 1 atom stereocenters. The Hall–Kier alpha value is -4.34. The number of nitrogens with one attached hydrogen (secondary N) is 1. The van der Waals surface area contributed by atoms with Crippen LogP contribution in [0.15, 0.2) is 108 Å². The fourth-order valence-electron chi connectivity index (χ4n) is 4.96. The molecule has 4 rings (SSSR count). The van der Waals surface area contributed by atoms with Gasteiger partial charge in [-0.15, -0.1) is 0 Å². The average Bonchev–Trinajstić information content (AvgIpc) is 3.07. The summed E-state index contributed by atoms with van der Waals surface area (Å²) in [6.45, 7) is 4.04. The first kappa shape index (κ1) is 34.5. The third-order valence-corrected chi connectivity index (χ3v) is 9.66. The number of ether oxygens (including phenoxy) is 1. The predicted octanol–water partition coefficient (Wildman–Crippen LogP) is 6.41. The van der Waals surface area contributed by atoms with Crippen molar-refractivity contribution in [3.8, 4) is 5.75 Å². The van der Waals surface area contributed by atoms with Crippen LogP contribution in [0, 0.1) is 6.92 Å². The van der Waals surface area contributed by atoms with Gasteiger partial charge in [-0.3, -0.25) is 13.9 Å². The molecule has 8 nitrogen and oxygen atoms in total. The van der Waals surface area contributed by atoms with Crippen LogP contribution in [-0.4, -0.2) is 51.4 Å². The fourth-order valence-corrected chi connectivity index (χ4v) is 6.50. The van der Waals surface area contributed by atoms with E-state index >= 15 is 0 Å². The van der Waals surface area contributed by atoms with Crippen molar-refractivity contribution in [1.29, 1.82) is 0 Å². The van der Waals surface area contributed by atoms with E-state index < -0.39 is 28.5 Å². The van der Waals surface area contributed by atoms with E-state index in [1.165, 1.54) is 24.1 Å². The van der Waals surface area contributed by atoms with E-state index in [2.05, 4.69) is 5.32 Å². The number of benzene rings is 4. The Bertz CT molecular complexity index is 1680. The molecule has 0 aromatic heterocycles.